The molecule has 36 heavy (non-hydrogen) atoms. The van der Waals surface area contributed by atoms with Gasteiger partial charge in [-0.25, -0.2) is 0 Å². The Hall–Kier alpha value is -4.63. The molecule has 0 saturated heterocycles. The van der Waals surface area contributed by atoms with Gasteiger partial charge in [0, 0.05) is 34.7 Å². The van der Waals surface area contributed by atoms with Crippen LogP contribution in [0.25, 0.3) is 34.0 Å². The van der Waals surface area contributed by atoms with E-state index in [-0.39, 0.29) is 0 Å². The van der Waals surface area contributed by atoms with Crippen molar-refractivity contribution in [1.29, 1.82) is 0 Å². The maximum atomic E-state index is 2.35. The quantitative estimate of drug-likeness (QED) is 0.253. The molecule has 4 aromatic carbocycles. The summed E-state index contributed by atoms with van der Waals surface area (Å²) in [5, 5.41) is 0. The van der Waals surface area contributed by atoms with Gasteiger partial charge in [0.2, 0.25) is 0 Å². The third kappa shape index (κ3) is 3.40. The van der Waals surface area contributed by atoms with Gasteiger partial charge in [-0.3, -0.25) is 4.49 Å². The summed E-state index contributed by atoms with van der Waals surface area (Å²) < 4.78 is 4.68. The maximum absolute atomic E-state index is 2.35. The van der Waals surface area contributed by atoms with Crippen LogP contribution in [0.5, 0.6) is 0 Å². The molecule has 0 saturated carbocycles. The minimum absolute atomic E-state index is 1.18. The molecule has 0 unspecified atom stereocenters. The Labute approximate surface area is 212 Å². The highest BCUT2D eigenvalue weighted by Gasteiger charge is 2.39. The average molecular weight is 458 g/mol. The molecule has 1 radical (unpaired) electrons. The van der Waals surface area contributed by atoms with Crippen LogP contribution in [0.15, 0.2) is 139 Å². The summed E-state index contributed by atoms with van der Waals surface area (Å²) in [5.41, 5.74) is 12.1. The van der Waals surface area contributed by atoms with Gasteiger partial charge in [-0.1, -0.05) is 109 Å². The fourth-order valence-corrected chi connectivity index (χ4v) is 5.23. The van der Waals surface area contributed by atoms with E-state index < -0.39 is 0 Å². The van der Waals surface area contributed by atoms with Gasteiger partial charge in [0.1, 0.15) is 0 Å². The van der Waals surface area contributed by atoms with Crippen molar-refractivity contribution in [3.8, 4) is 22.4 Å². The molecule has 0 N–H and O–H groups in total. The maximum Gasteiger partial charge on any atom is 0.700 e. The molecule has 2 aliphatic heterocycles. The molecule has 0 atom stereocenters. The molecular formula is C33H23BN2+. The second kappa shape index (κ2) is 8.55. The van der Waals surface area contributed by atoms with E-state index in [2.05, 4.69) is 156 Å². The van der Waals surface area contributed by atoms with Crippen molar-refractivity contribution in [2.45, 2.75) is 0 Å². The summed E-state index contributed by atoms with van der Waals surface area (Å²) in [6.07, 6.45) is 4.67. The van der Waals surface area contributed by atoms with Gasteiger partial charge >= 0.3 is 7.55 Å². The van der Waals surface area contributed by atoms with Gasteiger partial charge in [-0.2, -0.15) is 0 Å². The average Bonchev–Trinajstić information content (AvgIpc) is 3.52. The number of aromatic nitrogens is 1. The van der Waals surface area contributed by atoms with Crippen LogP contribution in [0, 0.1) is 0 Å². The number of rotatable bonds is 4. The van der Waals surface area contributed by atoms with E-state index in [9.17, 15) is 0 Å². The molecule has 3 heteroatoms. The molecule has 1 aromatic heterocycles. The molecule has 167 valence electrons. The Morgan fingerprint density at radius 2 is 1.06 bits per heavy atom. The predicted octanol–water partition coefficient (Wildman–Crippen LogP) is 7.16. The lowest BCUT2D eigenvalue weighted by molar-refractivity contribution is -0.309. The molecule has 7 rings (SSSR count). The predicted molar refractivity (Wildman–Crippen MR) is 150 cm³/mol. The first kappa shape index (κ1) is 20.7. The van der Waals surface area contributed by atoms with Crippen LogP contribution >= 0.6 is 0 Å². The van der Waals surface area contributed by atoms with Gasteiger partial charge in [0.15, 0.2) is 11.4 Å². The van der Waals surface area contributed by atoms with Crippen molar-refractivity contribution >= 4 is 24.9 Å². The zero-order valence-electron chi connectivity index (χ0n) is 19.8. The molecule has 2 nitrogen and oxygen atoms in total. The van der Waals surface area contributed by atoms with E-state index >= 15 is 0 Å². The highest BCUT2D eigenvalue weighted by molar-refractivity contribution is 6.33. The highest BCUT2D eigenvalue weighted by Crippen LogP contribution is 2.40. The summed E-state index contributed by atoms with van der Waals surface area (Å²) in [7, 11) is 2.26. The molecule has 2 aliphatic rings. The van der Waals surface area contributed by atoms with Gasteiger partial charge in [0.05, 0.1) is 5.57 Å². The minimum Gasteiger partial charge on any atom is -0.318 e. The molecule has 0 bridgehead atoms. The lowest BCUT2D eigenvalue weighted by Gasteiger charge is -2.16. The number of fused-ring (bicyclic) bond motifs is 2. The smallest absolute Gasteiger partial charge is 0.318 e. The van der Waals surface area contributed by atoms with E-state index in [1.165, 1.54) is 56.2 Å². The van der Waals surface area contributed by atoms with Crippen LogP contribution in [0.1, 0.15) is 16.8 Å². The monoisotopic (exact) mass is 458 g/mol. The number of hydrogen-bond acceptors (Lipinski definition) is 0. The third-order valence-corrected chi connectivity index (χ3v) is 6.97. The zero-order chi connectivity index (χ0) is 23.9. The summed E-state index contributed by atoms with van der Waals surface area (Å²) in [6, 6.07) is 45.0. The molecule has 3 heterocycles. The van der Waals surface area contributed by atoms with Crippen molar-refractivity contribution in [1.82, 2.24) is 4.48 Å². The molecule has 0 amide bonds. The molecule has 0 fully saturated rings. The van der Waals surface area contributed by atoms with Gasteiger partial charge in [-0.05, 0) is 34.9 Å². The largest absolute Gasteiger partial charge is 0.700 e. The van der Waals surface area contributed by atoms with Crippen LogP contribution in [-0.2, 0) is 0 Å². The zero-order valence-corrected chi connectivity index (χ0v) is 19.8. The molecular weight excluding hydrogens is 435 g/mol. The highest BCUT2D eigenvalue weighted by atomic mass is 15.1. The number of allylic oxidation sites excluding steroid dienone is 2. The lowest BCUT2D eigenvalue weighted by Crippen LogP contribution is -2.30. The summed E-state index contributed by atoms with van der Waals surface area (Å²) in [5.74, 6) is 0. The van der Waals surface area contributed by atoms with Crippen LogP contribution in [0.3, 0.4) is 0 Å². The van der Waals surface area contributed by atoms with E-state index in [1.54, 1.807) is 0 Å². The standard InChI is InChI=1S/C33H23BN2/c1-5-13-24(14-6-1)28-21-30(26-17-9-3-10-18-26)35-32(28)23-33-29(25-15-7-2-8-16-25)22-31(36(33)34-35)27-19-11-4-12-20-27/h1-23H/q+1. The van der Waals surface area contributed by atoms with Crippen LogP contribution in [0.4, 0.5) is 0 Å². The third-order valence-electron chi connectivity index (χ3n) is 6.97. The topological polar surface area (TPSA) is 7.94 Å². The summed E-state index contributed by atoms with van der Waals surface area (Å²) in [6.45, 7) is 0. The first-order valence-electron chi connectivity index (χ1n) is 12.3. The SMILES string of the molecule is [B]1n2c(-c3ccccc3)cc(-c3ccccc3)c2C=C2C(c3ccccc3)=CC(c3ccccc3)=[N+]12. The van der Waals surface area contributed by atoms with Crippen LogP contribution < -0.4 is 0 Å². The molecule has 5 aromatic rings. The minimum atomic E-state index is 1.18. The van der Waals surface area contributed by atoms with E-state index in [0.29, 0.717) is 0 Å². The van der Waals surface area contributed by atoms with Crippen molar-refractivity contribution in [2.24, 2.45) is 0 Å². The van der Waals surface area contributed by atoms with Crippen LogP contribution in [0.2, 0.25) is 0 Å². The fourth-order valence-electron chi connectivity index (χ4n) is 5.23. The van der Waals surface area contributed by atoms with Gasteiger partial charge in [0.25, 0.3) is 0 Å². The van der Waals surface area contributed by atoms with Crippen molar-refractivity contribution in [2.75, 3.05) is 0 Å². The molecule has 0 aliphatic carbocycles. The van der Waals surface area contributed by atoms with E-state index in [0.717, 1.165) is 0 Å². The van der Waals surface area contributed by atoms with Crippen molar-refractivity contribution in [3.05, 3.63) is 156 Å². The normalized spacial score (nSPS) is 14.0. The van der Waals surface area contributed by atoms with Gasteiger partial charge < -0.3 is 4.48 Å². The van der Waals surface area contributed by atoms with Gasteiger partial charge in [-0.15, -0.1) is 0 Å². The second-order valence-corrected chi connectivity index (χ2v) is 9.12. The van der Waals surface area contributed by atoms with Crippen molar-refractivity contribution in [3.63, 3.8) is 0 Å². The number of hydrogen-bond donors (Lipinski definition) is 0. The number of benzene rings is 4. The lowest BCUT2D eigenvalue weighted by atomic mass is 9.95. The van der Waals surface area contributed by atoms with Crippen molar-refractivity contribution < 1.29 is 4.49 Å². The first-order chi connectivity index (χ1) is 17.9. The Kier molecular flexibility index (Phi) is 4.92. The second-order valence-electron chi connectivity index (χ2n) is 9.12. The first-order valence-corrected chi connectivity index (χ1v) is 12.3. The van der Waals surface area contributed by atoms with E-state index in [1.807, 2.05) is 0 Å². The Bertz CT molecular complexity index is 1660. The molecule has 0 spiro atoms. The Morgan fingerprint density at radius 3 is 1.67 bits per heavy atom. The fraction of sp³-hybridized carbons (Fsp3) is 0. The van der Waals surface area contributed by atoms with E-state index in [4.69, 9.17) is 0 Å². The summed E-state index contributed by atoms with van der Waals surface area (Å²) >= 11 is 0. The van der Waals surface area contributed by atoms with Crippen LogP contribution in [-0.4, -0.2) is 22.2 Å². The Morgan fingerprint density at radius 1 is 0.528 bits per heavy atom. The summed E-state index contributed by atoms with van der Waals surface area (Å²) in [4.78, 5) is 0. The number of nitrogens with zero attached hydrogens (tertiary/aromatic N) is 2. The Balaban J connectivity index is 1.49.